The van der Waals surface area contributed by atoms with Gasteiger partial charge in [0, 0.05) is 0 Å². The maximum absolute atomic E-state index is 12.0. The number of rotatable bonds is 3. The summed E-state index contributed by atoms with van der Waals surface area (Å²) in [6.45, 7) is 5.67. The van der Waals surface area contributed by atoms with E-state index in [9.17, 15) is 4.39 Å². The van der Waals surface area contributed by atoms with Crippen molar-refractivity contribution in [2.45, 2.75) is 32.1 Å². The average molecular weight is 238 g/mol. The molecular formula is C6H15FO3Si3. The van der Waals surface area contributed by atoms with Crippen molar-refractivity contribution in [3.63, 3.8) is 0 Å². The van der Waals surface area contributed by atoms with Gasteiger partial charge in [0.25, 0.3) is 0 Å². The Hall–Kier alpha value is 0.461. The molecule has 0 saturated carbocycles. The first kappa shape index (κ1) is 11.5. The molecule has 0 N–H and O–H groups in total. The molecule has 0 atom stereocenters. The van der Waals surface area contributed by atoms with Crippen molar-refractivity contribution >= 4 is 27.1 Å². The van der Waals surface area contributed by atoms with E-state index in [1.54, 1.807) is 0 Å². The van der Waals surface area contributed by atoms with Crippen LogP contribution >= 0.6 is 0 Å². The second-order valence-corrected chi connectivity index (χ2v) is 10.4. The molecule has 1 fully saturated rings. The largest absolute Gasteiger partial charge is 0.415 e. The van der Waals surface area contributed by atoms with Gasteiger partial charge in [-0.05, 0) is 32.1 Å². The summed E-state index contributed by atoms with van der Waals surface area (Å²) in [6, 6.07) is 0.747. The molecule has 0 spiro atoms. The van der Waals surface area contributed by atoms with Crippen LogP contribution in [0.1, 0.15) is 6.42 Å². The summed E-state index contributed by atoms with van der Waals surface area (Å²) < 4.78 is 28.9. The minimum atomic E-state index is -2.06. The van der Waals surface area contributed by atoms with Crippen molar-refractivity contribution in [3.8, 4) is 0 Å². The Morgan fingerprint density at radius 3 is 2.23 bits per heavy atom. The normalized spacial score (nSPS) is 24.9. The predicted octanol–water partition coefficient (Wildman–Crippen LogP) is 1.72. The third-order valence-electron chi connectivity index (χ3n) is 1.77. The van der Waals surface area contributed by atoms with Crippen LogP contribution in [0.5, 0.6) is 0 Å². The molecule has 0 unspecified atom stereocenters. The third kappa shape index (κ3) is 3.60. The van der Waals surface area contributed by atoms with E-state index in [4.69, 9.17) is 12.3 Å². The summed E-state index contributed by atoms with van der Waals surface area (Å²) in [7, 11) is -4.29. The van der Waals surface area contributed by atoms with Crippen LogP contribution in [-0.2, 0) is 12.3 Å². The molecule has 1 aliphatic rings. The molecular weight excluding hydrogens is 223 g/mol. The zero-order chi connectivity index (χ0) is 9.90. The topological polar surface area (TPSA) is 27.7 Å². The molecule has 0 aromatic heterocycles. The van der Waals surface area contributed by atoms with Crippen LogP contribution in [0.15, 0.2) is 0 Å². The minimum Gasteiger partial charge on any atom is -0.415 e. The molecule has 76 valence electrons. The third-order valence-corrected chi connectivity index (χ3v) is 11.1. The Morgan fingerprint density at radius 1 is 1.23 bits per heavy atom. The number of hydrogen-bond donors (Lipinski definition) is 0. The quantitative estimate of drug-likeness (QED) is 0.701. The first-order valence-corrected chi connectivity index (χ1v) is 10.5. The van der Waals surface area contributed by atoms with Crippen LogP contribution in [0.25, 0.3) is 0 Å². The Labute approximate surface area is 83.1 Å². The fourth-order valence-electron chi connectivity index (χ4n) is 1.36. The smallest absolute Gasteiger partial charge is 0.362 e. The van der Waals surface area contributed by atoms with Crippen molar-refractivity contribution in [1.82, 2.24) is 0 Å². The summed E-state index contributed by atoms with van der Waals surface area (Å²) in [5, 5.41) is 0. The summed E-state index contributed by atoms with van der Waals surface area (Å²) in [4.78, 5) is 0. The Kier molecular flexibility index (Phi) is 4.26. The van der Waals surface area contributed by atoms with Gasteiger partial charge in [0.2, 0.25) is 0 Å². The van der Waals surface area contributed by atoms with Gasteiger partial charge in [-0.15, -0.1) is 0 Å². The monoisotopic (exact) mass is 238 g/mol. The zero-order valence-electron chi connectivity index (χ0n) is 8.22. The van der Waals surface area contributed by atoms with Gasteiger partial charge in [-0.3, -0.25) is 4.39 Å². The second-order valence-electron chi connectivity index (χ2n) is 3.22. The summed E-state index contributed by atoms with van der Waals surface area (Å²) in [5.74, 6) is 0. The number of alkyl halides is 1. The van der Waals surface area contributed by atoms with Crippen molar-refractivity contribution in [2.75, 3.05) is 6.67 Å². The van der Waals surface area contributed by atoms with E-state index >= 15 is 0 Å². The van der Waals surface area contributed by atoms with Gasteiger partial charge >= 0.3 is 27.1 Å². The van der Waals surface area contributed by atoms with Gasteiger partial charge < -0.3 is 12.3 Å². The van der Waals surface area contributed by atoms with Crippen LogP contribution in [0.4, 0.5) is 4.39 Å². The Bertz CT molecular complexity index is 161. The highest BCUT2D eigenvalue weighted by Crippen LogP contribution is 2.23. The van der Waals surface area contributed by atoms with E-state index in [0.29, 0.717) is 6.42 Å². The number of hydrogen-bond acceptors (Lipinski definition) is 3. The predicted molar refractivity (Wildman–Crippen MR) is 53.5 cm³/mol. The molecule has 13 heavy (non-hydrogen) atoms. The Balaban J connectivity index is 2.45. The highest BCUT2D eigenvalue weighted by atomic mass is 28.5. The van der Waals surface area contributed by atoms with Crippen LogP contribution in [0, 0.1) is 0 Å². The average Bonchev–Trinajstić information content (AvgIpc) is 1.98. The summed E-state index contributed by atoms with van der Waals surface area (Å²) in [5.41, 5.74) is 0. The lowest BCUT2D eigenvalue weighted by atomic mass is 10.6. The molecule has 1 rings (SSSR count). The van der Waals surface area contributed by atoms with E-state index in [1.807, 2.05) is 19.6 Å². The first-order valence-electron chi connectivity index (χ1n) is 4.35. The van der Waals surface area contributed by atoms with Crippen LogP contribution in [0.3, 0.4) is 0 Å². The minimum absolute atomic E-state index is 0.284. The molecule has 2 radical (unpaired) electrons. The highest BCUT2D eigenvalue weighted by Gasteiger charge is 2.41. The molecule has 7 heteroatoms. The Morgan fingerprint density at radius 2 is 1.77 bits per heavy atom. The van der Waals surface area contributed by atoms with Gasteiger partial charge in [-0.2, -0.15) is 0 Å². The van der Waals surface area contributed by atoms with E-state index in [2.05, 4.69) is 0 Å². The van der Waals surface area contributed by atoms with Crippen molar-refractivity contribution in [3.05, 3.63) is 0 Å². The fraction of sp³-hybridized carbons (Fsp3) is 1.00. The van der Waals surface area contributed by atoms with E-state index in [1.165, 1.54) is 0 Å². The molecule has 3 nitrogen and oxygen atoms in total. The summed E-state index contributed by atoms with van der Waals surface area (Å²) in [6.07, 6.45) is 0.549. The molecule has 0 amide bonds. The van der Waals surface area contributed by atoms with Gasteiger partial charge in [0.05, 0.1) is 6.67 Å². The molecule has 0 bridgehead atoms. The lowest BCUT2D eigenvalue weighted by Gasteiger charge is -2.37. The molecule has 0 aliphatic carbocycles. The van der Waals surface area contributed by atoms with Crippen LogP contribution in [-0.4, -0.2) is 33.8 Å². The lowest BCUT2D eigenvalue weighted by molar-refractivity contribution is 0.265. The lowest BCUT2D eigenvalue weighted by Crippen LogP contribution is -2.54. The molecule has 1 saturated heterocycles. The summed E-state index contributed by atoms with van der Waals surface area (Å²) >= 11 is 0. The van der Waals surface area contributed by atoms with Gasteiger partial charge in [0.15, 0.2) is 0 Å². The van der Waals surface area contributed by atoms with Crippen molar-refractivity contribution in [1.29, 1.82) is 0 Å². The number of halogens is 1. The zero-order valence-corrected chi connectivity index (χ0v) is 11.2. The van der Waals surface area contributed by atoms with Crippen LogP contribution < -0.4 is 0 Å². The molecule has 0 aromatic rings. The van der Waals surface area contributed by atoms with Gasteiger partial charge in [-0.25, -0.2) is 0 Å². The SMILES string of the molecule is C[Si]1O[Si](C)O[Si](C)(CCCF)O1. The second kappa shape index (κ2) is 4.80. The van der Waals surface area contributed by atoms with E-state index in [-0.39, 0.29) is 6.67 Å². The van der Waals surface area contributed by atoms with E-state index < -0.39 is 27.1 Å². The van der Waals surface area contributed by atoms with E-state index in [0.717, 1.165) is 6.04 Å². The van der Waals surface area contributed by atoms with Gasteiger partial charge in [-0.1, -0.05) is 0 Å². The maximum Gasteiger partial charge on any atom is 0.362 e. The van der Waals surface area contributed by atoms with Crippen molar-refractivity contribution in [2.24, 2.45) is 0 Å². The highest BCUT2D eigenvalue weighted by molar-refractivity contribution is 6.82. The van der Waals surface area contributed by atoms with Crippen LogP contribution in [0.2, 0.25) is 25.7 Å². The van der Waals surface area contributed by atoms with Gasteiger partial charge in [0.1, 0.15) is 0 Å². The fourth-order valence-corrected chi connectivity index (χ4v) is 11.1. The van der Waals surface area contributed by atoms with Crippen molar-refractivity contribution < 1.29 is 16.7 Å². The molecule has 1 aliphatic heterocycles. The standard InChI is InChI=1S/C6H15FO3Si3/c1-11-8-12(2)10-13(3,9-11)6-4-5-7/h4-6H2,1-3H3. The molecule has 1 heterocycles. The molecule has 0 aromatic carbocycles. The maximum atomic E-state index is 12.0. The first-order chi connectivity index (χ1) is 6.06.